The molecule has 148 valence electrons. The third kappa shape index (κ3) is 4.84. The summed E-state index contributed by atoms with van der Waals surface area (Å²) in [4.78, 5) is 32.6. The highest BCUT2D eigenvalue weighted by Gasteiger charge is 2.14. The lowest BCUT2D eigenvalue weighted by Gasteiger charge is -2.14. The number of nitrogens with one attached hydrogen (secondary N) is 2. The van der Waals surface area contributed by atoms with Crippen LogP contribution >= 0.6 is 11.8 Å². The van der Waals surface area contributed by atoms with Crippen molar-refractivity contribution in [1.82, 2.24) is 19.9 Å². The van der Waals surface area contributed by atoms with Gasteiger partial charge in [-0.25, -0.2) is 4.98 Å². The fraction of sp³-hybridized carbons (Fsp3) is 0.381. The molecule has 0 saturated heterocycles. The summed E-state index contributed by atoms with van der Waals surface area (Å²) in [6, 6.07) is 12.2. The number of carbonyl (C=O) groups is 1. The summed E-state index contributed by atoms with van der Waals surface area (Å²) in [6.45, 7) is 6.33. The molecule has 6 nitrogen and oxygen atoms in total. The number of H-pyrrole nitrogens is 1. The molecule has 1 amide bonds. The Morgan fingerprint density at radius 3 is 2.79 bits per heavy atom. The SMILES string of the molecule is CCn1c(SCC(=O)N[C@@H](C)CCc2ccccc2)nc2cc(C)[nH]c2c1=O. The van der Waals surface area contributed by atoms with E-state index in [2.05, 4.69) is 27.4 Å². The lowest BCUT2D eigenvalue weighted by atomic mass is 10.1. The van der Waals surface area contributed by atoms with Crippen LogP contribution in [0.25, 0.3) is 11.0 Å². The molecule has 0 spiro atoms. The van der Waals surface area contributed by atoms with Gasteiger partial charge in [-0.05, 0) is 45.2 Å². The second kappa shape index (κ2) is 9.10. The van der Waals surface area contributed by atoms with Crippen molar-refractivity contribution in [1.29, 1.82) is 0 Å². The van der Waals surface area contributed by atoms with Crippen LogP contribution in [0.3, 0.4) is 0 Å². The van der Waals surface area contributed by atoms with Crippen LogP contribution in [-0.2, 0) is 17.8 Å². The van der Waals surface area contributed by atoms with Crippen molar-refractivity contribution in [3.05, 3.63) is 58.0 Å². The van der Waals surface area contributed by atoms with Gasteiger partial charge in [-0.2, -0.15) is 0 Å². The van der Waals surface area contributed by atoms with Crippen molar-refractivity contribution in [2.45, 2.75) is 51.4 Å². The van der Waals surface area contributed by atoms with E-state index in [1.54, 1.807) is 4.57 Å². The van der Waals surface area contributed by atoms with Gasteiger partial charge in [0.1, 0.15) is 5.52 Å². The first-order valence-corrected chi connectivity index (χ1v) is 10.5. The van der Waals surface area contributed by atoms with E-state index in [0.29, 0.717) is 22.7 Å². The second-order valence-electron chi connectivity index (χ2n) is 6.94. The topological polar surface area (TPSA) is 79.8 Å². The molecule has 0 bridgehead atoms. The summed E-state index contributed by atoms with van der Waals surface area (Å²) in [6.07, 6.45) is 1.81. The number of rotatable bonds is 8. The summed E-state index contributed by atoms with van der Waals surface area (Å²) in [5.41, 5.74) is 3.23. The summed E-state index contributed by atoms with van der Waals surface area (Å²) < 4.78 is 1.61. The van der Waals surface area contributed by atoms with E-state index < -0.39 is 0 Å². The number of aryl methyl sites for hydroxylation is 2. The van der Waals surface area contributed by atoms with Crippen molar-refractivity contribution >= 4 is 28.7 Å². The maximum atomic E-state index is 12.6. The van der Waals surface area contributed by atoms with E-state index in [9.17, 15) is 9.59 Å². The molecule has 1 aromatic carbocycles. The Kier molecular flexibility index (Phi) is 6.57. The molecule has 0 aliphatic rings. The van der Waals surface area contributed by atoms with Gasteiger partial charge < -0.3 is 10.3 Å². The fourth-order valence-corrected chi connectivity index (χ4v) is 4.02. The molecular formula is C21H26N4O2S. The van der Waals surface area contributed by atoms with Crippen LogP contribution in [-0.4, -0.2) is 32.2 Å². The van der Waals surface area contributed by atoms with Gasteiger partial charge in [0.15, 0.2) is 5.16 Å². The number of amides is 1. The summed E-state index contributed by atoms with van der Waals surface area (Å²) in [5.74, 6) is 0.185. The van der Waals surface area contributed by atoms with E-state index in [1.165, 1.54) is 17.3 Å². The molecule has 2 heterocycles. The average Bonchev–Trinajstić information content (AvgIpc) is 3.06. The van der Waals surface area contributed by atoms with Gasteiger partial charge in [-0.1, -0.05) is 42.1 Å². The van der Waals surface area contributed by atoms with Crippen molar-refractivity contribution in [2.24, 2.45) is 0 Å². The van der Waals surface area contributed by atoms with Crippen LogP contribution < -0.4 is 10.9 Å². The number of thioether (sulfide) groups is 1. The van der Waals surface area contributed by atoms with Gasteiger partial charge in [-0.3, -0.25) is 14.2 Å². The zero-order valence-corrected chi connectivity index (χ0v) is 17.3. The summed E-state index contributed by atoms with van der Waals surface area (Å²) in [5, 5.41) is 3.61. The van der Waals surface area contributed by atoms with E-state index in [0.717, 1.165) is 18.5 Å². The number of aromatic nitrogens is 3. The number of hydrogen-bond acceptors (Lipinski definition) is 4. The first-order valence-electron chi connectivity index (χ1n) is 9.54. The molecule has 0 unspecified atom stereocenters. The zero-order valence-electron chi connectivity index (χ0n) is 16.5. The quantitative estimate of drug-likeness (QED) is 0.451. The second-order valence-corrected chi connectivity index (χ2v) is 7.88. The molecule has 28 heavy (non-hydrogen) atoms. The van der Waals surface area contributed by atoms with Gasteiger partial charge >= 0.3 is 0 Å². The highest BCUT2D eigenvalue weighted by atomic mass is 32.2. The minimum Gasteiger partial charge on any atom is -0.353 e. The van der Waals surface area contributed by atoms with Gasteiger partial charge in [0.25, 0.3) is 5.56 Å². The number of hydrogen-bond donors (Lipinski definition) is 2. The van der Waals surface area contributed by atoms with Crippen LogP contribution in [0.1, 0.15) is 31.5 Å². The van der Waals surface area contributed by atoms with Crippen molar-refractivity contribution in [3.8, 4) is 0 Å². The number of carbonyl (C=O) groups excluding carboxylic acids is 1. The van der Waals surface area contributed by atoms with Crippen molar-refractivity contribution < 1.29 is 4.79 Å². The summed E-state index contributed by atoms with van der Waals surface area (Å²) in [7, 11) is 0. The van der Waals surface area contributed by atoms with Crippen LogP contribution in [0, 0.1) is 6.92 Å². The third-order valence-corrected chi connectivity index (χ3v) is 5.58. The lowest BCUT2D eigenvalue weighted by molar-refractivity contribution is -0.119. The molecule has 2 N–H and O–H groups in total. The Hall–Kier alpha value is -2.54. The van der Waals surface area contributed by atoms with Crippen molar-refractivity contribution in [3.63, 3.8) is 0 Å². The van der Waals surface area contributed by atoms with Gasteiger partial charge in [0, 0.05) is 18.3 Å². The monoisotopic (exact) mass is 398 g/mol. The standard InChI is InChI=1S/C21H26N4O2S/c1-4-25-20(27)19-17(12-15(3)23-19)24-21(25)28-13-18(26)22-14(2)10-11-16-8-6-5-7-9-16/h5-9,12,14,23H,4,10-11,13H2,1-3H3,(H,22,26)/t14-/m0/s1. The lowest BCUT2D eigenvalue weighted by Crippen LogP contribution is -2.34. The fourth-order valence-electron chi connectivity index (χ4n) is 3.15. The molecule has 1 atom stereocenters. The van der Waals surface area contributed by atoms with E-state index in [4.69, 9.17) is 0 Å². The predicted octanol–water partition coefficient (Wildman–Crippen LogP) is 3.28. The number of nitrogens with zero attached hydrogens (tertiary/aromatic N) is 2. The molecule has 0 radical (unpaired) electrons. The normalized spacial score (nSPS) is 12.2. The smallest absolute Gasteiger partial charge is 0.278 e. The predicted molar refractivity (Wildman–Crippen MR) is 114 cm³/mol. The molecular weight excluding hydrogens is 372 g/mol. The minimum atomic E-state index is -0.0975. The highest BCUT2D eigenvalue weighted by Crippen LogP contribution is 2.18. The molecule has 0 aliphatic heterocycles. The molecule has 2 aromatic heterocycles. The molecule has 7 heteroatoms. The number of benzene rings is 1. The first-order chi connectivity index (χ1) is 13.5. The van der Waals surface area contributed by atoms with Crippen LogP contribution in [0.2, 0.25) is 0 Å². The largest absolute Gasteiger partial charge is 0.353 e. The minimum absolute atomic E-state index is 0.0483. The molecule has 0 saturated carbocycles. The zero-order chi connectivity index (χ0) is 20.1. The molecule has 3 rings (SSSR count). The Labute approximate surface area is 168 Å². The maximum Gasteiger partial charge on any atom is 0.278 e. The van der Waals surface area contributed by atoms with Gasteiger partial charge in [-0.15, -0.1) is 0 Å². The maximum absolute atomic E-state index is 12.6. The summed E-state index contributed by atoms with van der Waals surface area (Å²) >= 11 is 1.30. The third-order valence-electron chi connectivity index (χ3n) is 4.60. The van der Waals surface area contributed by atoms with Gasteiger partial charge in [0.05, 0.1) is 11.3 Å². The van der Waals surface area contributed by atoms with Crippen LogP contribution in [0.15, 0.2) is 46.3 Å². The number of fused-ring (bicyclic) bond motifs is 1. The van der Waals surface area contributed by atoms with E-state index >= 15 is 0 Å². The van der Waals surface area contributed by atoms with E-state index in [-0.39, 0.29) is 23.3 Å². The van der Waals surface area contributed by atoms with E-state index in [1.807, 2.05) is 45.0 Å². The highest BCUT2D eigenvalue weighted by molar-refractivity contribution is 7.99. The van der Waals surface area contributed by atoms with Crippen molar-refractivity contribution in [2.75, 3.05) is 5.75 Å². The van der Waals surface area contributed by atoms with Crippen LogP contribution in [0.5, 0.6) is 0 Å². The molecule has 3 aromatic rings. The Bertz CT molecular complexity index is 1010. The molecule has 0 aliphatic carbocycles. The average molecular weight is 399 g/mol. The first kappa shape index (κ1) is 20.2. The van der Waals surface area contributed by atoms with Gasteiger partial charge in [0.2, 0.25) is 5.91 Å². The Balaban J connectivity index is 1.58. The molecule has 0 fully saturated rings. The Morgan fingerprint density at radius 1 is 1.32 bits per heavy atom. The van der Waals surface area contributed by atoms with Crippen LogP contribution in [0.4, 0.5) is 0 Å². The number of aromatic amines is 1. The Morgan fingerprint density at radius 2 is 2.07 bits per heavy atom.